The Hall–Kier alpha value is -8.40. The Kier molecular flexibility index (Phi) is 37.7. The van der Waals surface area contributed by atoms with Crippen LogP contribution in [0.2, 0.25) is 0 Å². The molecule has 0 aliphatic carbocycles. The molecule has 2 aromatic carbocycles. The summed E-state index contributed by atoms with van der Waals surface area (Å²) in [5, 5.41) is 94.0. The number of rotatable bonds is 37. The largest absolute Gasteiger partial charge is 0.508 e. The van der Waals surface area contributed by atoms with Crippen LogP contribution in [-0.4, -0.2) is 236 Å². The average Bonchev–Trinajstić information content (AvgIpc) is 1.62. The molecular weight excluding hydrogens is 1370 g/mol. The van der Waals surface area contributed by atoms with Crippen LogP contribution >= 0.6 is 0 Å². The van der Waals surface area contributed by atoms with Gasteiger partial charge < -0.3 is 104 Å². The fraction of sp³-hybridized carbons (Fsp3) is 0.676. The normalized spacial score (nSPS) is 23.3. The Morgan fingerprint density at radius 1 is 0.642 bits per heavy atom. The quantitative estimate of drug-likeness (QED) is 0.0369. The van der Waals surface area contributed by atoms with Gasteiger partial charge in [0.2, 0.25) is 70.9 Å². The van der Waals surface area contributed by atoms with Gasteiger partial charge in [-0.05, 0) is 99.4 Å². The molecule has 3 saturated heterocycles. The van der Waals surface area contributed by atoms with Gasteiger partial charge in [-0.25, -0.2) is 0 Å². The van der Waals surface area contributed by atoms with Crippen molar-refractivity contribution in [2.24, 2.45) is 23.5 Å². The third-order valence-corrected chi connectivity index (χ3v) is 19.3. The third kappa shape index (κ3) is 29.4. The van der Waals surface area contributed by atoms with Crippen molar-refractivity contribution in [2.75, 3.05) is 45.9 Å². The molecule has 16 atom stereocenters. The monoisotopic (exact) mass is 1490 g/mol. The van der Waals surface area contributed by atoms with Crippen LogP contribution in [0.25, 0.3) is 0 Å². The summed E-state index contributed by atoms with van der Waals surface area (Å²) >= 11 is 0. The Balaban J connectivity index is 1.44. The molecule has 3 fully saturated rings. The first-order valence-corrected chi connectivity index (χ1v) is 37.5. The van der Waals surface area contributed by atoms with Crippen LogP contribution in [0.4, 0.5) is 0 Å². The first-order chi connectivity index (χ1) is 50.4. The van der Waals surface area contributed by atoms with Crippen molar-refractivity contribution in [1.29, 1.82) is 0 Å². The van der Waals surface area contributed by atoms with Crippen LogP contribution in [0.5, 0.6) is 5.75 Å². The predicted octanol–water partition coefficient (Wildman–Crippen LogP) is -0.768. The number of nitrogens with zero attached hydrogens (tertiary/aromatic N) is 2. The maximum Gasteiger partial charge on any atom is 0.248 e. The highest BCUT2D eigenvalue weighted by Gasteiger charge is 2.48. The molecule has 592 valence electrons. The van der Waals surface area contributed by atoms with Crippen LogP contribution in [0, 0.1) is 17.8 Å². The van der Waals surface area contributed by atoms with Gasteiger partial charge in [0.25, 0.3) is 0 Å². The van der Waals surface area contributed by atoms with Gasteiger partial charge in [-0.3, -0.25) is 57.5 Å². The fourth-order valence-corrected chi connectivity index (χ4v) is 13.3. The molecule has 32 nitrogen and oxygen atoms in total. The first-order valence-electron chi connectivity index (χ1n) is 37.5. The van der Waals surface area contributed by atoms with E-state index in [4.69, 9.17) is 10.5 Å². The van der Waals surface area contributed by atoms with Crippen molar-refractivity contribution in [3.05, 3.63) is 65.7 Å². The van der Waals surface area contributed by atoms with E-state index in [1.165, 1.54) is 44.5 Å². The van der Waals surface area contributed by atoms with Crippen LogP contribution in [0.15, 0.2) is 54.6 Å². The minimum Gasteiger partial charge on any atom is -0.508 e. The number of carbonyl (C=O) groups excluding carboxylic acids is 12. The van der Waals surface area contributed by atoms with Gasteiger partial charge in [-0.2, -0.15) is 0 Å². The number of hydrogen-bond acceptors (Lipinski definition) is 20. The van der Waals surface area contributed by atoms with E-state index in [0.717, 1.165) is 48.3 Å². The molecule has 0 aromatic heterocycles. The number of amides is 12. The van der Waals surface area contributed by atoms with E-state index >= 15 is 0 Å². The highest BCUT2D eigenvalue weighted by molar-refractivity contribution is 5.98. The van der Waals surface area contributed by atoms with Crippen molar-refractivity contribution >= 4 is 70.9 Å². The van der Waals surface area contributed by atoms with Crippen molar-refractivity contribution in [1.82, 2.24) is 63.0 Å². The van der Waals surface area contributed by atoms with Crippen molar-refractivity contribution in [3.8, 4) is 5.75 Å². The number of nitrogens with two attached hydrogens (primary N) is 1. The number of hydrogen-bond donors (Lipinski definition) is 17. The molecular formula is C74H117N13O19. The zero-order valence-electron chi connectivity index (χ0n) is 62.4. The summed E-state index contributed by atoms with van der Waals surface area (Å²) in [7, 11) is 0. The highest BCUT2D eigenvalue weighted by atomic mass is 16.5. The SMILES string of the molecule is CCC(C)CC(C)CCCCCCCCC(=O)NC1CC(O)C(OCCNC(=O)CCNC(=O)C(Cc2ccccc2)NC(=O)C(CC(C)C)NC(=O)CNC(C)=O)NC(=O)C2C(O)CCN2C(=O)C(C(O)CCN)NC(=O)C(CC(O)c2ccc(O)cc2)NC(=O)C2CCCN2C(=O)C(C(C)O)NC1=O. The lowest BCUT2D eigenvalue weighted by Crippen LogP contribution is -2.62. The Labute approximate surface area is 620 Å². The molecule has 12 amide bonds. The van der Waals surface area contributed by atoms with Gasteiger partial charge in [0.1, 0.15) is 60.2 Å². The van der Waals surface area contributed by atoms with Gasteiger partial charge in [0.05, 0.1) is 37.6 Å². The van der Waals surface area contributed by atoms with Crippen molar-refractivity contribution in [3.63, 3.8) is 0 Å². The standard InChI is InChI=1S/C74H117N13O19/c1-8-44(4)38-45(5)19-14-11-9-10-12-17-23-61(96)79-53-41-59(94)72(106-36-33-76-60(95)29-32-77-66(98)52(39-48-20-15-13-16-21-48)81-67(99)51(37-43(2)3)80-62(97)42-78-47(7)89)85-71(103)65-57(92)30-35-87(65)74(105)64(56(91)28-31-75)84-69(101)54(40-58(93)49-24-26-50(90)27-25-49)82-70(102)55-22-18-34-86(55)73(104)63(46(6)88)83-68(53)100/h13,15-16,20-21,24-27,43-46,51-59,63-65,72,88,90-94H,8-12,14,17-19,22-23,28-42,75H2,1-7H3,(H,76,95)(H,77,98)(H,78,89)(H,79,96)(H,80,97)(H,81,99)(H,82,102)(H,83,100)(H,84,101)(H,85,103). The number of fused-ring (bicyclic) bond motifs is 2. The second-order valence-electron chi connectivity index (χ2n) is 28.8. The summed E-state index contributed by atoms with van der Waals surface area (Å²) in [6, 6.07) is 1.24. The zero-order chi connectivity index (χ0) is 78.2. The molecule has 3 aliphatic rings. The van der Waals surface area contributed by atoms with E-state index < -0.39 is 175 Å². The van der Waals surface area contributed by atoms with Gasteiger partial charge in [0, 0.05) is 65.2 Å². The first kappa shape index (κ1) is 88.2. The number of ether oxygens (including phenoxy) is 1. The molecule has 18 N–H and O–H groups in total. The Morgan fingerprint density at radius 2 is 1.31 bits per heavy atom. The number of carbonyl (C=O) groups is 12. The molecule has 3 aliphatic heterocycles. The molecule has 0 bridgehead atoms. The highest BCUT2D eigenvalue weighted by Crippen LogP contribution is 2.27. The number of aliphatic hydroxyl groups excluding tert-OH is 5. The Morgan fingerprint density at radius 3 is 1.97 bits per heavy atom. The maximum absolute atomic E-state index is 14.9. The number of unbranched alkanes of at least 4 members (excludes halogenated alkanes) is 5. The number of benzene rings is 2. The van der Waals surface area contributed by atoms with E-state index in [2.05, 4.69) is 73.9 Å². The Bertz CT molecular complexity index is 3190. The number of aliphatic hydroxyl groups is 5. The molecule has 0 spiro atoms. The summed E-state index contributed by atoms with van der Waals surface area (Å²) in [6.45, 7) is 10.6. The lowest BCUT2D eigenvalue weighted by molar-refractivity contribution is -0.149. The van der Waals surface area contributed by atoms with E-state index in [0.29, 0.717) is 30.2 Å². The van der Waals surface area contributed by atoms with Gasteiger partial charge >= 0.3 is 0 Å². The van der Waals surface area contributed by atoms with Gasteiger partial charge in [-0.15, -0.1) is 0 Å². The summed E-state index contributed by atoms with van der Waals surface area (Å²) in [4.78, 5) is 170. The number of nitrogens with one attached hydrogen (secondary N) is 10. The van der Waals surface area contributed by atoms with E-state index in [9.17, 15) is 88.2 Å². The molecule has 32 heteroatoms. The molecule has 5 rings (SSSR count). The second-order valence-corrected chi connectivity index (χ2v) is 28.8. The fourth-order valence-electron chi connectivity index (χ4n) is 13.3. The summed E-state index contributed by atoms with van der Waals surface area (Å²) in [5.41, 5.74) is 6.72. The maximum atomic E-state index is 14.9. The molecule has 3 heterocycles. The van der Waals surface area contributed by atoms with E-state index in [1.54, 1.807) is 30.3 Å². The van der Waals surface area contributed by atoms with E-state index in [1.807, 2.05) is 13.8 Å². The van der Waals surface area contributed by atoms with Crippen LogP contribution in [0.1, 0.15) is 181 Å². The number of aromatic hydroxyl groups is 1. The van der Waals surface area contributed by atoms with Gasteiger partial charge in [-0.1, -0.05) is 122 Å². The van der Waals surface area contributed by atoms with Crippen LogP contribution < -0.4 is 58.9 Å². The minimum atomic E-state index is -2.01. The topological polar surface area (TPSA) is 488 Å². The van der Waals surface area contributed by atoms with E-state index in [-0.39, 0.29) is 108 Å². The zero-order valence-corrected chi connectivity index (χ0v) is 62.4. The molecule has 16 unspecified atom stereocenters. The summed E-state index contributed by atoms with van der Waals surface area (Å²) in [6.07, 6.45) is -4.21. The molecule has 2 aromatic rings. The minimum absolute atomic E-state index is 0.00208. The van der Waals surface area contributed by atoms with Crippen molar-refractivity contribution < 1.29 is 92.9 Å². The van der Waals surface area contributed by atoms with Crippen molar-refractivity contribution in [2.45, 2.75) is 256 Å². The molecule has 106 heavy (non-hydrogen) atoms. The molecule has 0 radical (unpaired) electrons. The third-order valence-electron chi connectivity index (χ3n) is 19.3. The smallest absolute Gasteiger partial charge is 0.248 e. The summed E-state index contributed by atoms with van der Waals surface area (Å²) < 4.78 is 6.07. The molecule has 0 saturated carbocycles. The second kappa shape index (κ2) is 45.3. The van der Waals surface area contributed by atoms with Gasteiger partial charge in [0.15, 0.2) is 6.23 Å². The predicted molar refractivity (Wildman–Crippen MR) is 389 cm³/mol. The van der Waals surface area contributed by atoms with Crippen LogP contribution in [-0.2, 0) is 68.7 Å². The lowest BCUT2D eigenvalue weighted by atomic mass is 9.91. The number of phenolic OH excluding ortho intramolecular Hbond substituents is 1. The average molecular weight is 1490 g/mol. The van der Waals surface area contributed by atoms with Crippen LogP contribution in [0.3, 0.4) is 0 Å². The summed E-state index contributed by atoms with van der Waals surface area (Å²) in [5.74, 6) is -9.13. The number of phenols is 1. The lowest BCUT2D eigenvalue weighted by Gasteiger charge is -2.34.